The van der Waals surface area contributed by atoms with Crippen LogP contribution >= 0.6 is 11.8 Å². The van der Waals surface area contributed by atoms with Gasteiger partial charge in [-0.3, -0.25) is 4.79 Å². The lowest BCUT2D eigenvalue weighted by atomic mass is 10.1. The third-order valence-corrected chi connectivity index (χ3v) is 3.57. The fourth-order valence-electron chi connectivity index (χ4n) is 1.25. The predicted molar refractivity (Wildman–Crippen MR) is 68.4 cm³/mol. The number of carbonyl (C=O) groups is 1. The van der Waals surface area contributed by atoms with Crippen molar-refractivity contribution in [3.63, 3.8) is 0 Å². The summed E-state index contributed by atoms with van der Waals surface area (Å²) in [5.41, 5.74) is 13.2. The van der Waals surface area contributed by atoms with Crippen LogP contribution in [-0.2, 0) is 4.79 Å². The fourth-order valence-corrected chi connectivity index (χ4v) is 2.28. The molecule has 4 N–H and O–H groups in total. The zero-order valence-electron chi connectivity index (χ0n) is 9.69. The molecule has 1 unspecified atom stereocenters. The van der Waals surface area contributed by atoms with E-state index in [4.69, 9.17) is 11.5 Å². The van der Waals surface area contributed by atoms with E-state index in [1.165, 1.54) is 16.0 Å². The lowest BCUT2D eigenvalue weighted by Gasteiger charge is -2.08. The highest BCUT2D eigenvalue weighted by Gasteiger charge is 2.08. The second-order valence-electron chi connectivity index (χ2n) is 3.89. The van der Waals surface area contributed by atoms with Crippen LogP contribution in [0.3, 0.4) is 0 Å². The summed E-state index contributed by atoms with van der Waals surface area (Å²) in [5, 5.41) is 0. The number of rotatable bonds is 5. The molecule has 16 heavy (non-hydrogen) atoms. The quantitative estimate of drug-likeness (QED) is 0.765. The van der Waals surface area contributed by atoms with Crippen molar-refractivity contribution < 1.29 is 4.79 Å². The Balaban J connectivity index is 2.43. The summed E-state index contributed by atoms with van der Waals surface area (Å²) in [4.78, 5) is 11.9. The number of amides is 1. The van der Waals surface area contributed by atoms with Gasteiger partial charge in [0, 0.05) is 4.90 Å². The minimum atomic E-state index is -0.529. The first-order valence-electron chi connectivity index (χ1n) is 5.25. The molecule has 4 heteroatoms. The predicted octanol–water partition coefficient (Wildman–Crippen LogP) is 1.60. The van der Waals surface area contributed by atoms with Crippen molar-refractivity contribution >= 4 is 17.7 Å². The molecule has 0 radical (unpaired) electrons. The number of carbonyl (C=O) groups excluding carboxylic acids is 1. The molecule has 88 valence electrons. The van der Waals surface area contributed by atoms with Gasteiger partial charge < -0.3 is 11.5 Å². The molecule has 0 bridgehead atoms. The number of hydrogen-bond donors (Lipinski definition) is 2. The summed E-state index contributed by atoms with van der Waals surface area (Å²) in [6.07, 6.45) is 0.618. The van der Waals surface area contributed by atoms with Crippen molar-refractivity contribution in [1.29, 1.82) is 0 Å². The highest BCUT2D eigenvalue weighted by Crippen LogP contribution is 2.21. The lowest BCUT2D eigenvalue weighted by molar-refractivity contribution is -0.119. The van der Waals surface area contributed by atoms with E-state index in [0.29, 0.717) is 6.42 Å². The maximum Gasteiger partial charge on any atom is 0.234 e. The molecule has 0 aromatic heterocycles. The van der Waals surface area contributed by atoms with Crippen molar-refractivity contribution in [3.05, 3.63) is 29.3 Å². The minimum Gasteiger partial charge on any atom is -0.368 e. The van der Waals surface area contributed by atoms with Gasteiger partial charge in [0.25, 0.3) is 0 Å². The third kappa shape index (κ3) is 3.87. The number of benzene rings is 1. The summed E-state index contributed by atoms with van der Waals surface area (Å²) in [7, 11) is 0. The standard InChI is InChI=1S/C12H18N2OS/c1-8-3-4-10(7-9(8)2)16-6-5-11(13)12(14)15/h3-4,7,11H,5-6,13H2,1-2H3,(H2,14,15). The van der Waals surface area contributed by atoms with Crippen molar-refractivity contribution in [3.8, 4) is 0 Å². The van der Waals surface area contributed by atoms with E-state index in [0.717, 1.165) is 5.75 Å². The van der Waals surface area contributed by atoms with Crippen LogP contribution in [0.25, 0.3) is 0 Å². The van der Waals surface area contributed by atoms with Crippen LogP contribution in [0.4, 0.5) is 0 Å². The summed E-state index contributed by atoms with van der Waals surface area (Å²) >= 11 is 1.70. The summed E-state index contributed by atoms with van der Waals surface area (Å²) in [5.74, 6) is 0.382. The largest absolute Gasteiger partial charge is 0.368 e. The Morgan fingerprint density at radius 1 is 1.38 bits per heavy atom. The minimum absolute atomic E-state index is 0.430. The topological polar surface area (TPSA) is 69.1 Å². The molecule has 1 atom stereocenters. The van der Waals surface area contributed by atoms with Gasteiger partial charge in [-0.2, -0.15) is 0 Å². The third-order valence-electron chi connectivity index (χ3n) is 2.54. The lowest BCUT2D eigenvalue weighted by Crippen LogP contribution is -2.36. The van der Waals surface area contributed by atoms with E-state index in [1.54, 1.807) is 11.8 Å². The Hall–Kier alpha value is -1.00. The zero-order chi connectivity index (χ0) is 12.1. The van der Waals surface area contributed by atoms with E-state index in [2.05, 4.69) is 32.0 Å². The van der Waals surface area contributed by atoms with Gasteiger partial charge in [-0.15, -0.1) is 11.8 Å². The Morgan fingerprint density at radius 2 is 2.06 bits per heavy atom. The van der Waals surface area contributed by atoms with Crippen molar-refractivity contribution in [2.24, 2.45) is 11.5 Å². The second kappa shape index (κ2) is 5.92. The summed E-state index contributed by atoms with van der Waals surface area (Å²) < 4.78 is 0. The maximum atomic E-state index is 10.7. The van der Waals surface area contributed by atoms with Crippen molar-refractivity contribution in [2.75, 3.05) is 5.75 Å². The molecular formula is C12H18N2OS. The van der Waals surface area contributed by atoms with Gasteiger partial charge in [-0.25, -0.2) is 0 Å². The monoisotopic (exact) mass is 238 g/mol. The highest BCUT2D eigenvalue weighted by atomic mass is 32.2. The maximum absolute atomic E-state index is 10.7. The average molecular weight is 238 g/mol. The smallest absolute Gasteiger partial charge is 0.234 e. The van der Waals surface area contributed by atoms with E-state index < -0.39 is 11.9 Å². The van der Waals surface area contributed by atoms with Gasteiger partial charge in [0.15, 0.2) is 0 Å². The zero-order valence-corrected chi connectivity index (χ0v) is 10.5. The Morgan fingerprint density at radius 3 is 2.62 bits per heavy atom. The van der Waals surface area contributed by atoms with Gasteiger partial charge in [-0.05, 0) is 49.3 Å². The Labute approximate surface area is 101 Å². The van der Waals surface area contributed by atoms with E-state index in [1.807, 2.05) is 0 Å². The van der Waals surface area contributed by atoms with E-state index in [9.17, 15) is 4.79 Å². The fraction of sp³-hybridized carbons (Fsp3) is 0.417. The Bertz CT molecular complexity index is 379. The molecule has 1 rings (SSSR count). The first-order valence-corrected chi connectivity index (χ1v) is 6.24. The number of thioether (sulfide) groups is 1. The summed E-state index contributed by atoms with van der Waals surface area (Å²) in [6, 6.07) is 5.81. The van der Waals surface area contributed by atoms with Crippen molar-refractivity contribution in [1.82, 2.24) is 0 Å². The molecule has 0 aliphatic rings. The molecule has 0 saturated carbocycles. The molecule has 0 heterocycles. The number of aryl methyl sites for hydroxylation is 2. The highest BCUT2D eigenvalue weighted by molar-refractivity contribution is 7.99. The molecule has 0 fully saturated rings. The molecule has 1 amide bonds. The second-order valence-corrected chi connectivity index (χ2v) is 5.06. The van der Waals surface area contributed by atoms with Crippen LogP contribution in [0, 0.1) is 13.8 Å². The van der Waals surface area contributed by atoms with Gasteiger partial charge in [0.05, 0.1) is 6.04 Å². The van der Waals surface area contributed by atoms with E-state index >= 15 is 0 Å². The van der Waals surface area contributed by atoms with Crippen LogP contribution in [0.15, 0.2) is 23.1 Å². The SMILES string of the molecule is Cc1ccc(SCCC(N)C(N)=O)cc1C. The van der Waals surface area contributed by atoms with Crippen LogP contribution in [0.5, 0.6) is 0 Å². The average Bonchev–Trinajstić information content (AvgIpc) is 2.23. The number of hydrogen-bond acceptors (Lipinski definition) is 3. The van der Waals surface area contributed by atoms with Gasteiger partial charge >= 0.3 is 0 Å². The first kappa shape index (κ1) is 13.1. The molecule has 3 nitrogen and oxygen atoms in total. The number of primary amides is 1. The van der Waals surface area contributed by atoms with Crippen LogP contribution in [-0.4, -0.2) is 17.7 Å². The van der Waals surface area contributed by atoms with Crippen LogP contribution in [0.1, 0.15) is 17.5 Å². The molecule has 0 aliphatic carbocycles. The normalized spacial score (nSPS) is 12.4. The van der Waals surface area contributed by atoms with Crippen molar-refractivity contribution in [2.45, 2.75) is 31.2 Å². The molecular weight excluding hydrogens is 220 g/mol. The van der Waals surface area contributed by atoms with Crippen LogP contribution < -0.4 is 11.5 Å². The van der Waals surface area contributed by atoms with Gasteiger partial charge in [-0.1, -0.05) is 6.07 Å². The molecule has 0 aliphatic heterocycles. The van der Waals surface area contributed by atoms with Crippen LogP contribution in [0.2, 0.25) is 0 Å². The molecule has 1 aromatic rings. The van der Waals surface area contributed by atoms with E-state index in [-0.39, 0.29) is 0 Å². The van der Waals surface area contributed by atoms with Gasteiger partial charge in [0.1, 0.15) is 0 Å². The molecule has 1 aromatic carbocycles. The number of nitrogens with two attached hydrogens (primary N) is 2. The molecule has 0 saturated heterocycles. The summed E-state index contributed by atoms with van der Waals surface area (Å²) in [6.45, 7) is 4.18. The van der Waals surface area contributed by atoms with Gasteiger partial charge in [0.2, 0.25) is 5.91 Å². The Kier molecular flexibility index (Phi) is 4.83. The first-order chi connectivity index (χ1) is 7.50. The molecule has 0 spiro atoms.